The van der Waals surface area contributed by atoms with Crippen LogP contribution >= 0.6 is 0 Å². The number of esters is 1. The number of hydrogen-bond acceptors (Lipinski definition) is 3. The van der Waals surface area contributed by atoms with Gasteiger partial charge >= 0.3 is 5.97 Å². The van der Waals surface area contributed by atoms with Gasteiger partial charge in [0.15, 0.2) is 0 Å². The van der Waals surface area contributed by atoms with Crippen LogP contribution < -0.4 is 0 Å². The molecule has 4 heteroatoms. The SMILES string of the molecule is CCOC(=O)c1cnn(-c2ccccc2)c1C(C)(C)C. The first-order chi connectivity index (χ1) is 9.45. The Balaban J connectivity index is 2.57. The molecule has 4 nitrogen and oxygen atoms in total. The predicted octanol–water partition coefficient (Wildman–Crippen LogP) is 3.35. The van der Waals surface area contributed by atoms with Crippen LogP contribution in [0.3, 0.4) is 0 Å². The van der Waals surface area contributed by atoms with Gasteiger partial charge in [-0.25, -0.2) is 9.48 Å². The molecule has 0 amide bonds. The first-order valence-corrected chi connectivity index (χ1v) is 6.76. The first-order valence-electron chi connectivity index (χ1n) is 6.76. The molecule has 0 saturated heterocycles. The molecule has 0 aliphatic carbocycles. The van der Waals surface area contributed by atoms with E-state index in [0.717, 1.165) is 11.4 Å². The molecule has 20 heavy (non-hydrogen) atoms. The van der Waals surface area contributed by atoms with Crippen LogP contribution in [0.15, 0.2) is 36.5 Å². The summed E-state index contributed by atoms with van der Waals surface area (Å²) >= 11 is 0. The van der Waals surface area contributed by atoms with Crippen molar-refractivity contribution in [2.75, 3.05) is 6.61 Å². The Kier molecular flexibility index (Phi) is 3.93. The van der Waals surface area contributed by atoms with Crippen molar-refractivity contribution in [3.8, 4) is 5.69 Å². The molecule has 2 rings (SSSR count). The summed E-state index contributed by atoms with van der Waals surface area (Å²) in [5, 5.41) is 4.37. The van der Waals surface area contributed by atoms with Gasteiger partial charge in [-0.15, -0.1) is 0 Å². The quantitative estimate of drug-likeness (QED) is 0.805. The Labute approximate surface area is 119 Å². The molecule has 0 fully saturated rings. The van der Waals surface area contributed by atoms with Gasteiger partial charge in [0.25, 0.3) is 0 Å². The van der Waals surface area contributed by atoms with E-state index in [1.165, 1.54) is 0 Å². The van der Waals surface area contributed by atoms with E-state index in [0.29, 0.717) is 12.2 Å². The summed E-state index contributed by atoms with van der Waals surface area (Å²) < 4.78 is 6.93. The lowest BCUT2D eigenvalue weighted by Gasteiger charge is -2.22. The topological polar surface area (TPSA) is 44.1 Å². The zero-order chi connectivity index (χ0) is 14.8. The van der Waals surface area contributed by atoms with Crippen molar-refractivity contribution in [3.05, 3.63) is 47.8 Å². The van der Waals surface area contributed by atoms with Crippen molar-refractivity contribution in [3.63, 3.8) is 0 Å². The maximum Gasteiger partial charge on any atom is 0.341 e. The summed E-state index contributed by atoms with van der Waals surface area (Å²) in [5.74, 6) is -0.320. The Hall–Kier alpha value is -2.10. The van der Waals surface area contributed by atoms with Crippen molar-refractivity contribution < 1.29 is 9.53 Å². The van der Waals surface area contributed by atoms with E-state index in [-0.39, 0.29) is 11.4 Å². The van der Waals surface area contributed by atoms with Crippen LogP contribution in [0.25, 0.3) is 5.69 Å². The number of carbonyl (C=O) groups excluding carboxylic acids is 1. The molecule has 1 heterocycles. The average Bonchev–Trinajstić information content (AvgIpc) is 2.84. The lowest BCUT2D eigenvalue weighted by molar-refractivity contribution is 0.0523. The summed E-state index contributed by atoms with van der Waals surface area (Å²) in [7, 11) is 0. The first kappa shape index (κ1) is 14.3. The van der Waals surface area contributed by atoms with Crippen LogP contribution in [0.5, 0.6) is 0 Å². The van der Waals surface area contributed by atoms with Crippen molar-refractivity contribution in [2.24, 2.45) is 0 Å². The predicted molar refractivity (Wildman–Crippen MR) is 78.2 cm³/mol. The number of carbonyl (C=O) groups is 1. The van der Waals surface area contributed by atoms with Gasteiger partial charge in [-0.2, -0.15) is 5.10 Å². The van der Waals surface area contributed by atoms with Crippen molar-refractivity contribution in [2.45, 2.75) is 33.1 Å². The van der Waals surface area contributed by atoms with Crippen molar-refractivity contribution >= 4 is 5.97 Å². The Bertz CT molecular complexity index is 595. The Morgan fingerprint density at radius 1 is 1.25 bits per heavy atom. The highest BCUT2D eigenvalue weighted by Gasteiger charge is 2.28. The molecule has 0 N–H and O–H groups in total. The van der Waals surface area contributed by atoms with E-state index in [2.05, 4.69) is 25.9 Å². The molecule has 0 bridgehead atoms. The fourth-order valence-electron chi connectivity index (χ4n) is 2.19. The van der Waals surface area contributed by atoms with Gasteiger partial charge in [0.05, 0.1) is 24.2 Å². The van der Waals surface area contributed by atoms with Gasteiger partial charge in [0, 0.05) is 5.41 Å². The fourth-order valence-corrected chi connectivity index (χ4v) is 2.19. The maximum absolute atomic E-state index is 12.1. The van der Waals surface area contributed by atoms with Crippen molar-refractivity contribution in [1.29, 1.82) is 0 Å². The van der Waals surface area contributed by atoms with Gasteiger partial charge in [0.2, 0.25) is 0 Å². The third-order valence-corrected chi connectivity index (χ3v) is 2.98. The van der Waals surface area contributed by atoms with E-state index < -0.39 is 0 Å². The van der Waals surface area contributed by atoms with Crippen LogP contribution in [-0.2, 0) is 10.2 Å². The molecule has 0 radical (unpaired) electrons. The summed E-state index contributed by atoms with van der Waals surface area (Å²) in [5.41, 5.74) is 2.12. The van der Waals surface area contributed by atoms with Crippen LogP contribution in [0.2, 0.25) is 0 Å². The number of ether oxygens (including phenoxy) is 1. The van der Waals surface area contributed by atoms with Crippen LogP contribution in [-0.4, -0.2) is 22.4 Å². The molecule has 106 valence electrons. The number of benzene rings is 1. The zero-order valence-electron chi connectivity index (χ0n) is 12.4. The molecule has 0 spiro atoms. The Morgan fingerprint density at radius 2 is 1.90 bits per heavy atom. The monoisotopic (exact) mass is 272 g/mol. The number of rotatable bonds is 3. The van der Waals surface area contributed by atoms with E-state index in [1.54, 1.807) is 13.1 Å². The van der Waals surface area contributed by atoms with Gasteiger partial charge < -0.3 is 4.74 Å². The molecule has 0 atom stereocenters. The molecule has 1 aromatic carbocycles. The van der Waals surface area contributed by atoms with Crippen LogP contribution in [0.1, 0.15) is 43.7 Å². The molecule has 1 aromatic heterocycles. The summed E-state index contributed by atoms with van der Waals surface area (Å²) in [6.07, 6.45) is 1.59. The Morgan fingerprint density at radius 3 is 2.45 bits per heavy atom. The molecule has 0 aliphatic rings. The molecule has 0 aliphatic heterocycles. The van der Waals surface area contributed by atoms with E-state index in [1.807, 2.05) is 35.0 Å². The molecule has 0 saturated carbocycles. The van der Waals surface area contributed by atoms with Crippen LogP contribution in [0, 0.1) is 0 Å². The zero-order valence-corrected chi connectivity index (χ0v) is 12.4. The normalized spacial score (nSPS) is 11.4. The van der Waals surface area contributed by atoms with Crippen LogP contribution in [0.4, 0.5) is 0 Å². The minimum atomic E-state index is -0.320. The summed E-state index contributed by atoms with van der Waals surface area (Å²) in [4.78, 5) is 12.1. The lowest BCUT2D eigenvalue weighted by Crippen LogP contribution is -2.21. The maximum atomic E-state index is 12.1. The molecular weight excluding hydrogens is 252 g/mol. The number of hydrogen-bond donors (Lipinski definition) is 0. The van der Waals surface area contributed by atoms with Gasteiger partial charge in [-0.3, -0.25) is 0 Å². The third kappa shape index (κ3) is 2.74. The highest BCUT2D eigenvalue weighted by Crippen LogP contribution is 2.28. The van der Waals surface area contributed by atoms with E-state index in [9.17, 15) is 4.79 Å². The number of para-hydroxylation sites is 1. The van der Waals surface area contributed by atoms with E-state index >= 15 is 0 Å². The summed E-state index contributed by atoms with van der Waals surface area (Å²) in [6, 6.07) is 9.80. The molecule has 2 aromatic rings. The number of nitrogens with zero attached hydrogens (tertiary/aromatic N) is 2. The molecule has 0 unspecified atom stereocenters. The average molecular weight is 272 g/mol. The second-order valence-electron chi connectivity index (χ2n) is 5.62. The minimum absolute atomic E-state index is 0.214. The summed E-state index contributed by atoms with van der Waals surface area (Å²) in [6.45, 7) is 8.35. The second-order valence-corrected chi connectivity index (χ2v) is 5.62. The lowest BCUT2D eigenvalue weighted by atomic mass is 9.89. The van der Waals surface area contributed by atoms with Gasteiger partial charge in [0.1, 0.15) is 5.56 Å². The smallest absolute Gasteiger partial charge is 0.341 e. The standard InChI is InChI=1S/C16H20N2O2/c1-5-20-15(19)13-11-17-18(14(13)16(2,3)4)12-9-7-6-8-10-12/h6-11H,5H2,1-4H3. The van der Waals surface area contributed by atoms with E-state index in [4.69, 9.17) is 4.74 Å². The molecular formula is C16H20N2O2. The second kappa shape index (κ2) is 5.49. The van der Waals surface area contributed by atoms with Gasteiger partial charge in [-0.05, 0) is 19.1 Å². The minimum Gasteiger partial charge on any atom is -0.462 e. The third-order valence-electron chi connectivity index (χ3n) is 2.98. The number of aromatic nitrogens is 2. The van der Waals surface area contributed by atoms with Gasteiger partial charge in [-0.1, -0.05) is 39.0 Å². The van der Waals surface area contributed by atoms with Crippen molar-refractivity contribution in [1.82, 2.24) is 9.78 Å². The fraction of sp³-hybridized carbons (Fsp3) is 0.375. The highest BCUT2D eigenvalue weighted by atomic mass is 16.5. The largest absolute Gasteiger partial charge is 0.462 e. The highest BCUT2D eigenvalue weighted by molar-refractivity contribution is 5.91.